The lowest BCUT2D eigenvalue weighted by Crippen LogP contribution is -2.10. The minimum Gasteiger partial charge on any atom is -0.485 e. The largest absolute Gasteiger partial charge is 0.485 e. The predicted molar refractivity (Wildman–Crippen MR) is 121 cm³/mol. The molecule has 1 amide bonds. The summed E-state index contributed by atoms with van der Waals surface area (Å²) in [5.74, 6) is 1.23. The zero-order chi connectivity index (χ0) is 23.1. The van der Waals surface area contributed by atoms with E-state index in [1.807, 2.05) is 43.3 Å². The Hall–Kier alpha value is -3.69. The van der Waals surface area contributed by atoms with E-state index in [0.29, 0.717) is 39.3 Å². The number of fused-ring (bicyclic) bond motifs is 1. The molecule has 0 aliphatic rings. The van der Waals surface area contributed by atoms with Gasteiger partial charge in [-0.1, -0.05) is 35.4 Å². The first kappa shape index (κ1) is 23.0. The molecule has 4 rings (SSSR count). The van der Waals surface area contributed by atoms with Gasteiger partial charge in [-0.2, -0.15) is 8.42 Å². The second kappa shape index (κ2) is 10.6. The highest BCUT2D eigenvalue weighted by molar-refractivity contribution is 7.51. The van der Waals surface area contributed by atoms with Gasteiger partial charge in [-0.05, 0) is 43.3 Å². The Morgan fingerprint density at radius 1 is 1.09 bits per heavy atom. The molecule has 164 valence electrons. The van der Waals surface area contributed by atoms with Crippen molar-refractivity contribution in [3.05, 3.63) is 82.8 Å². The summed E-state index contributed by atoms with van der Waals surface area (Å²) in [4.78, 5) is 18.8. The predicted octanol–water partition coefficient (Wildman–Crippen LogP) is 4.32. The van der Waals surface area contributed by atoms with Gasteiger partial charge in [0.1, 0.15) is 34.7 Å². The summed E-state index contributed by atoms with van der Waals surface area (Å²) in [7, 11) is 0. The summed E-state index contributed by atoms with van der Waals surface area (Å²) in [6.45, 7) is 2.21. The van der Waals surface area contributed by atoms with Crippen molar-refractivity contribution in [2.75, 3.05) is 0 Å². The number of pyridine rings is 1. The highest BCUT2D eigenvalue weighted by Crippen LogP contribution is 2.34. The van der Waals surface area contributed by atoms with Gasteiger partial charge < -0.3 is 20.2 Å². The van der Waals surface area contributed by atoms with Crippen LogP contribution in [0.15, 0.2) is 60.7 Å². The van der Waals surface area contributed by atoms with Crippen LogP contribution in [0.25, 0.3) is 10.9 Å². The number of nitrogens with zero attached hydrogens (tertiary/aromatic N) is 1. The number of aromatic amines is 1. The number of aryl methyl sites for hydroxylation is 1. The average molecular weight is 472 g/mol. The number of benzene rings is 2. The van der Waals surface area contributed by atoms with E-state index in [4.69, 9.17) is 35.2 Å². The summed E-state index contributed by atoms with van der Waals surface area (Å²) >= 11 is 5.19. The smallest absolute Gasteiger partial charge is 0.335 e. The van der Waals surface area contributed by atoms with Crippen LogP contribution in [-0.4, -0.2) is 24.3 Å². The van der Waals surface area contributed by atoms with Crippen LogP contribution < -0.4 is 15.2 Å². The van der Waals surface area contributed by atoms with Crippen LogP contribution in [-0.2, 0) is 18.2 Å². The lowest BCUT2D eigenvalue weighted by atomic mass is 10.2. The van der Waals surface area contributed by atoms with Crippen molar-refractivity contribution in [3.63, 3.8) is 0 Å². The fourth-order valence-electron chi connectivity index (χ4n) is 2.91. The Balaban J connectivity index is 0.000000913. The fourth-order valence-corrected chi connectivity index (χ4v) is 3.10. The summed E-state index contributed by atoms with van der Waals surface area (Å²) in [6.07, 6.45) is 0. The van der Waals surface area contributed by atoms with Gasteiger partial charge in [0.2, 0.25) is 0 Å². The summed E-state index contributed by atoms with van der Waals surface area (Å²) in [5.41, 5.74) is 8.18. The molecule has 0 aliphatic carbocycles. The molecule has 0 radical (unpaired) electrons. The van der Waals surface area contributed by atoms with E-state index in [2.05, 4.69) is 9.97 Å². The molecule has 0 spiro atoms. The molecule has 4 aromatic rings. The third-order valence-corrected chi connectivity index (χ3v) is 4.55. The molecule has 0 aliphatic heterocycles. The van der Waals surface area contributed by atoms with Gasteiger partial charge in [0.05, 0.1) is 11.2 Å². The van der Waals surface area contributed by atoms with Gasteiger partial charge in [0.25, 0.3) is 5.91 Å². The van der Waals surface area contributed by atoms with Crippen molar-refractivity contribution in [3.8, 4) is 17.2 Å². The molecule has 0 fully saturated rings. The number of halogens is 1. The molecule has 8 nitrogen and oxygen atoms in total. The van der Waals surface area contributed by atoms with Crippen LogP contribution in [0.1, 0.15) is 21.7 Å². The normalized spacial score (nSPS) is 10.2. The van der Waals surface area contributed by atoms with Gasteiger partial charge in [-0.15, -0.1) is 0 Å². The minimum absolute atomic E-state index is 0.203. The molecular weight excluding hydrogens is 454 g/mol. The van der Waals surface area contributed by atoms with Crippen LogP contribution in [0.4, 0.5) is 0 Å². The number of H-pyrrole nitrogens is 1. The van der Waals surface area contributed by atoms with Crippen LogP contribution in [0.5, 0.6) is 17.2 Å². The third-order valence-electron chi connectivity index (χ3n) is 4.34. The van der Waals surface area contributed by atoms with Crippen LogP contribution in [0.2, 0.25) is 5.15 Å². The van der Waals surface area contributed by atoms with E-state index in [0.717, 1.165) is 10.9 Å². The highest BCUT2D eigenvalue weighted by Gasteiger charge is 2.13. The first-order valence-corrected chi connectivity index (χ1v) is 10.3. The molecule has 0 unspecified atom stereocenters. The number of nitrogens with one attached hydrogen (secondary N) is 1. The third kappa shape index (κ3) is 5.93. The van der Waals surface area contributed by atoms with Gasteiger partial charge in [-0.3, -0.25) is 4.79 Å². The second-order valence-electron chi connectivity index (χ2n) is 6.66. The number of rotatable bonds is 6. The number of carbonyl (C=O) groups is 1. The monoisotopic (exact) mass is 471 g/mol. The second-order valence-corrected chi connectivity index (χ2v) is 7.18. The van der Waals surface area contributed by atoms with Crippen molar-refractivity contribution in [2.24, 2.45) is 5.73 Å². The first-order chi connectivity index (χ1) is 15.4. The first-order valence-electron chi connectivity index (χ1n) is 9.26. The number of nitrogens with two attached hydrogens (primary N) is 1. The molecule has 2 heterocycles. The van der Waals surface area contributed by atoms with Crippen molar-refractivity contribution < 1.29 is 22.7 Å². The number of hydrogen-bond donors (Lipinski definition) is 2. The van der Waals surface area contributed by atoms with Crippen molar-refractivity contribution in [1.29, 1.82) is 0 Å². The van der Waals surface area contributed by atoms with Gasteiger partial charge in [-0.25, -0.2) is 4.98 Å². The summed E-state index contributed by atoms with van der Waals surface area (Å²) in [6, 6.07) is 18.3. The van der Waals surface area contributed by atoms with Crippen LogP contribution in [0, 0.1) is 6.92 Å². The number of primary amides is 1. The molecule has 0 saturated carbocycles. The molecule has 10 heteroatoms. The van der Waals surface area contributed by atoms with E-state index in [1.54, 1.807) is 24.3 Å². The quantitative estimate of drug-likeness (QED) is 0.403. The lowest BCUT2D eigenvalue weighted by molar-refractivity contribution is 0.0996. The van der Waals surface area contributed by atoms with E-state index >= 15 is 0 Å². The van der Waals surface area contributed by atoms with E-state index in [9.17, 15) is 4.79 Å². The SMILES string of the molecule is Cc1ccc(Oc2cc(OCc3cccc(Cl)n3)c3[nH]c(C(N)=O)cc3c2)cc1.O=S=O. The highest BCUT2D eigenvalue weighted by atomic mass is 35.5. The van der Waals surface area contributed by atoms with E-state index in [-0.39, 0.29) is 6.61 Å². The molecule has 0 bridgehead atoms. The molecule has 32 heavy (non-hydrogen) atoms. The zero-order valence-electron chi connectivity index (χ0n) is 16.8. The maximum Gasteiger partial charge on any atom is 0.335 e. The van der Waals surface area contributed by atoms with Crippen molar-refractivity contribution in [1.82, 2.24) is 9.97 Å². The summed E-state index contributed by atoms with van der Waals surface area (Å²) in [5, 5.41) is 1.14. The average Bonchev–Trinajstić information content (AvgIpc) is 3.19. The molecule has 0 atom stereocenters. The lowest BCUT2D eigenvalue weighted by Gasteiger charge is -2.11. The maximum absolute atomic E-state index is 11.6. The molecular formula is C22H18ClN3O5S. The number of hydrogen-bond acceptors (Lipinski definition) is 6. The molecule has 3 N–H and O–H groups in total. The Labute approximate surface area is 191 Å². The number of ether oxygens (including phenoxy) is 2. The van der Waals surface area contributed by atoms with Crippen molar-refractivity contribution >= 4 is 40.0 Å². The van der Waals surface area contributed by atoms with E-state index in [1.165, 1.54) is 0 Å². The van der Waals surface area contributed by atoms with Gasteiger partial charge in [0.15, 0.2) is 0 Å². The molecule has 2 aromatic carbocycles. The van der Waals surface area contributed by atoms with Gasteiger partial charge in [0, 0.05) is 11.5 Å². The Morgan fingerprint density at radius 3 is 2.47 bits per heavy atom. The molecule has 2 aromatic heterocycles. The zero-order valence-corrected chi connectivity index (χ0v) is 18.4. The Morgan fingerprint density at radius 2 is 1.81 bits per heavy atom. The van der Waals surface area contributed by atoms with Crippen LogP contribution >= 0.6 is 11.6 Å². The fraction of sp³-hybridized carbons (Fsp3) is 0.0909. The van der Waals surface area contributed by atoms with E-state index < -0.39 is 17.5 Å². The maximum atomic E-state index is 11.6. The Kier molecular flexibility index (Phi) is 7.58. The standard InChI is InChI=1S/C22H18ClN3O3.O2S/c1-13-5-7-16(8-6-13)29-17-9-14-10-18(22(24)27)26-21(14)19(11-17)28-12-15-3-2-4-20(23)25-15;1-3-2/h2-11,26H,12H2,1H3,(H2,24,27);. The van der Waals surface area contributed by atoms with Crippen molar-refractivity contribution in [2.45, 2.75) is 13.5 Å². The number of carbonyl (C=O) groups excluding carboxylic acids is 1. The number of aromatic nitrogens is 2. The summed E-state index contributed by atoms with van der Waals surface area (Å²) < 4.78 is 28.5. The topological polar surface area (TPSA) is 124 Å². The minimum atomic E-state index is -0.750. The Bertz CT molecular complexity index is 1280. The van der Waals surface area contributed by atoms with Gasteiger partial charge >= 0.3 is 11.6 Å². The molecule has 0 saturated heterocycles. The van der Waals surface area contributed by atoms with Crippen LogP contribution in [0.3, 0.4) is 0 Å². The number of amides is 1.